The lowest BCUT2D eigenvalue weighted by Gasteiger charge is -2.33. The number of carboxylic acids is 1. The van der Waals surface area contributed by atoms with Crippen molar-refractivity contribution in [3.63, 3.8) is 0 Å². The van der Waals surface area contributed by atoms with Gasteiger partial charge in [0.1, 0.15) is 0 Å². The molecular formula is C18H27NO2. The zero-order valence-corrected chi connectivity index (χ0v) is 13.3. The summed E-state index contributed by atoms with van der Waals surface area (Å²) in [6.07, 6.45) is 7.06. The van der Waals surface area contributed by atoms with Crippen LogP contribution in [0.3, 0.4) is 0 Å². The minimum absolute atomic E-state index is 0.575. The second kappa shape index (κ2) is 6.97. The fourth-order valence-electron chi connectivity index (χ4n) is 3.38. The van der Waals surface area contributed by atoms with Crippen LogP contribution in [0, 0.1) is 5.41 Å². The summed E-state index contributed by atoms with van der Waals surface area (Å²) < 4.78 is 0. The number of aliphatic carboxylic acids is 1. The summed E-state index contributed by atoms with van der Waals surface area (Å²) in [4.78, 5) is 14.0. The normalized spacial score (nSPS) is 18.0. The molecule has 1 saturated carbocycles. The number of anilines is 1. The molecule has 2 rings (SSSR count). The first kappa shape index (κ1) is 15.9. The fourth-order valence-corrected chi connectivity index (χ4v) is 3.38. The summed E-state index contributed by atoms with van der Waals surface area (Å²) in [5.41, 5.74) is 1.85. The lowest BCUT2D eigenvalue weighted by molar-refractivity contribution is -0.149. The van der Waals surface area contributed by atoms with Crippen molar-refractivity contribution >= 4 is 11.7 Å². The standard InChI is InChI=1S/C18H27NO2/c1-3-15-8-10-16(11-9-15)19(2)14-18(17(20)21)12-6-4-5-7-13-18/h8-11H,3-7,12-14H2,1-2H3,(H,20,21). The van der Waals surface area contributed by atoms with Crippen LogP contribution in [0.4, 0.5) is 5.69 Å². The van der Waals surface area contributed by atoms with Gasteiger partial charge in [-0.2, -0.15) is 0 Å². The molecule has 0 unspecified atom stereocenters. The Balaban J connectivity index is 2.13. The van der Waals surface area contributed by atoms with Crippen molar-refractivity contribution < 1.29 is 9.90 Å². The number of carbonyl (C=O) groups is 1. The van der Waals surface area contributed by atoms with Crippen LogP contribution >= 0.6 is 0 Å². The number of rotatable bonds is 5. The van der Waals surface area contributed by atoms with Crippen molar-refractivity contribution in [1.82, 2.24) is 0 Å². The van der Waals surface area contributed by atoms with E-state index in [0.717, 1.165) is 37.8 Å². The summed E-state index contributed by atoms with van der Waals surface area (Å²) in [6, 6.07) is 8.47. The van der Waals surface area contributed by atoms with Gasteiger partial charge in [0.25, 0.3) is 0 Å². The molecule has 1 aliphatic rings. The van der Waals surface area contributed by atoms with Crippen LogP contribution in [0.1, 0.15) is 51.0 Å². The average Bonchev–Trinajstić information content (AvgIpc) is 2.74. The van der Waals surface area contributed by atoms with Crippen molar-refractivity contribution in [2.75, 3.05) is 18.5 Å². The Morgan fingerprint density at radius 1 is 1.14 bits per heavy atom. The van der Waals surface area contributed by atoms with Gasteiger partial charge >= 0.3 is 5.97 Å². The van der Waals surface area contributed by atoms with E-state index < -0.39 is 11.4 Å². The quantitative estimate of drug-likeness (QED) is 0.829. The minimum Gasteiger partial charge on any atom is -0.481 e. The lowest BCUT2D eigenvalue weighted by Crippen LogP contribution is -2.41. The van der Waals surface area contributed by atoms with E-state index in [1.165, 1.54) is 18.4 Å². The molecule has 0 atom stereocenters. The molecule has 1 aliphatic carbocycles. The number of hydrogen-bond donors (Lipinski definition) is 1. The predicted octanol–water partition coefficient (Wildman–Crippen LogP) is 4.11. The Morgan fingerprint density at radius 3 is 2.19 bits per heavy atom. The van der Waals surface area contributed by atoms with Crippen molar-refractivity contribution in [3.05, 3.63) is 29.8 Å². The van der Waals surface area contributed by atoms with Gasteiger partial charge in [0, 0.05) is 19.3 Å². The number of hydrogen-bond acceptors (Lipinski definition) is 2. The molecule has 0 saturated heterocycles. The molecule has 1 fully saturated rings. The van der Waals surface area contributed by atoms with E-state index in [-0.39, 0.29) is 0 Å². The third-order valence-electron chi connectivity index (χ3n) is 4.84. The second-order valence-corrected chi connectivity index (χ2v) is 6.38. The van der Waals surface area contributed by atoms with E-state index in [2.05, 4.69) is 36.1 Å². The first-order valence-electron chi connectivity index (χ1n) is 8.11. The number of carboxylic acid groups (broad SMARTS) is 1. The van der Waals surface area contributed by atoms with Gasteiger partial charge in [0.05, 0.1) is 5.41 Å². The summed E-state index contributed by atoms with van der Waals surface area (Å²) in [5, 5.41) is 9.77. The molecule has 0 aromatic heterocycles. The van der Waals surface area contributed by atoms with Gasteiger partial charge in [0.2, 0.25) is 0 Å². The molecule has 1 N–H and O–H groups in total. The molecule has 0 aliphatic heterocycles. The Kier molecular flexibility index (Phi) is 5.27. The van der Waals surface area contributed by atoms with Crippen LogP contribution in [-0.4, -0.2) is 24.7 Å². The fraction of sp³-hybridized carbons (Fsp3) is 0.611. The summed E-state index contributed by atoms with van der Waals surface area (Å²) in [5.74, 6) is -0.624. The van der Waals surface area contributed by atoms with Gasteiger partial charge < -0.3 is 10.0 Å². The molecule has 21 heavy (non-hydrogen) atoms. The van der Waals surface area contributed by atoms with Crippen LogP contribution < -0.4 is 4.90 Å². The average molecular weight is 289 g/mol. The van der Waals surface area contributed by atoms with Gasteiger partial charge in [0.15, 0.2) is 0 Å². The molecule has 3 nitrogen and oxygen atoms in total. The van der Waals surface area contributed by atoms with Gasteiger partial charge in [-0.25, -0.2) is 0 Å². The highest BCUT2D eigenvalue weighted by atomic mass is 16.4. The van der Waals surface area contributed by atoms with Crippen LogP contribution in [0.5, 0.6) is 0 Å². The van der Waals surface area contributed by atoms with Crippen LogP contribution in [0.15, 0.2) is 24.3 Å². The molecule has 0 spiro atoms. The number of nitrogens with zero attached hydrogens (tertiary/aromatic N) is 1. The zero-order valence-electron chi connectivity index (χ0n) is 13.3. The summed E-state index contributed by atoms with van der Waals surface area (Å²) in [6.45, 7) is 2.75. The minimum atomic E-state index is -0.624. The third-order valence-corrected chi connectivity index (χ3v) is 4.84. The third kappa shape index (κ3) is 3.78. The molecule has 3 heteroatoms. The van der Waals surface area contributed by atoms with Gasteiger partial charge in [-0.15, -0.1) is 0 Å². The zero-order chi connectivity index (χ0) is 15.3. The van der Waals surface area contributed by atoms with Crippen LogP contribution in [0.25, 0.3) is 0 Å². The van der Waals surface area contributed by atoms with Gasteiger partial charge in [-0.1, -0.05) is 44.7 Å². The molecule has 0 amide bonds. The molecule has 0 radical (unpaired) electrons. The van der Waals surface area contributed by atoms with E-state index in [1.54, 1.807) is 0 Å². The highest BCUT2D eigenvalue weighted by molar-refractivity contribution is 5.75. The molecule has 1 aromatic rings. The maximum Gasteiger partial charge on any atom is 0.311 e. The maximum absolute atomic E-state index is 11.9. The van der Waals surface area contributed by atoms with E-state index in [9.17, 15) is 9.90 Å². The Labute approximate surface area is 128 Å². The van der Waals surface area contributed by atoms with E-state index in [1.807, 2.05) is 7.05 Å². The Bertz CT molecular complexity index is 459. The van der Waals surface area contributed by atoms with E-state index in [4.69, 9.17) is 0 Å². The van der Waals surface area contributed by atoms with Gasteiger partial charge in [-0.05, 0) is 37.0 Å². The molecular weight excluding hydrogens is 262 g/mol. The SMILES string of the molecule is CCc1ccc(N(C)CC2(C(=O)O)CCCCCC2)cc1. The molecule has 0 bridgehead atoms. The molecule has 1 aromatic carbocycles. The monoisotopic (exact) mass is 289 g/mol. The van der Waals surface area contributed by atoms with Crippen molar-refractivity contribution in [1.29, 1.82) is 0 Å². The largest absolute Gasteiger partial charge is 0.481 e. The van der Waals surface area contributed by atoms with E-state index in [0.29, 0.717) is 6.54 Å². The summed E-state index contributed by atoms with van der Waals surface area (Å²) in [7, 11) is 2.01. The molecule has 0 heterocycles. The smallest absolute Gasteiger partial charge is 0.311 e. The first-order valence-corrected chi connectivity index (χ1v) is 8.11. The number of benzene rings is 1. The highest BCUT2D eigenvalue weighted by Gasteiger charge is 2.39. The Morgan fingerprint density at radius 2 is 1.71 bits per heavy atom. The number of aryl methyl sites for hydroxylation is 1. The van der Waals surface area contributed by atoms with Gasteiger partial charge in [-0.3, -0.25) is 4.79 Å². The summed E-state index contributed by atoms with van der Waals surface area (Å²) >= 11 is 0. The molecule has 116 valence electrons. The topological polar surface area (TPSA) is 40.5 Å². The van der Waals surface area contributed by atoms with E-state index >= 15 is 0 Å². The second-order valence-electron chi connectivity index (χ2n) is 6.38. The van der Waals surface area contributed by atoms with Crippen LogP contribution in [0.2, 0.25) is 0 Å². The predicted molar refractivity (Wildman–Crippen MR) is 86.9 cm³/mol. The maximum atomic E-state index is 11.9. The van der Waals surface area contributed by atoms with Crippen LogP contribution in [-0.2, 0) is 11.2 Å². The van der Waals surface area contributed by atoms with Crippen molar-refractivity contribution in [2.45, 2.75) is 51.9 Å². The van der Waals surface area contributed by atoms with Crippen molar-refractivity contribution in [3.8, 4) is 0 Å². The Hall–Kier alpha value is -1.51. The highest BCUT2D eigenvalue weighted by Crippen LogP contribution is 2.37. The van der Waals surface area contributed by atoms with Crippen molar-refractivity contribution in [2.24, 2.45) is 5.41 Å². The first-order chi connectivity index (χ1) is 10.1. The lowest BCUT2D eigenvalue weighted by atomic mass is 9.80.